The number of fused-ring (bicyclic) bond motifs is 2. The Bertz CT molecular complexity index is 1690. The number of nitrogens with zero attached hydrogens (tertiary/aromatic N) is 2. The Morgan fingerprint density at radius 3 is 2.67 bits per heavy atom. The normalized spacial score (nSPS) is 18.0. The molecule has 0 spiro atoms. The van der Waals surface area contributed by atoms with Gasteiger partial charge in [-0.25, -0.2) is 4.98 Å². The van der Waals surface area contributed by atoms with E-state index in [2.05, 4.69) is 0 Å². The van der Waals surface area contributed by atoms with Gasteiger partial charge in [-0.3, -0.25) is 14.5 Å². The first-order valence-electron chi connectivity index (χ1n) is 13.2. The SMILES string of the molecule is CCCOc1cccc([C@@H]2C(=C(O)c3ccc4c(c3)OCCO4)C(=O)C(=O)N2c2nc3c(C)cc(C)cc3s2)c1. The molecule has 40 heavy (non-hydrogen) atoms. The van der Waals surface area contributed by atoms with Gasteiger partial charge < -0.3 is 19.3 Å². The van der Waals surface area contributed by atoms with Crippen molar-refractivity contribution < 1.29 is 28.9 Å². The van der Waals surface area contributed by atoms with Crippen molar-refractivity contribution in [3.8, 4) is 17.2 Å². The van der Waals surface area contributed by atoms with Crippen molar-refractivity contribution in [2.24, 2.45) is 0 Å². The monoisotopic (exact) mass is 556 g/mol. The summed E-state index contributed by atoms with van der Waals surface area (Å²) in [6.45, 7) is 7.33. The van der Waals surface area contributed by atoms with E-state index in [-0.39, 0.29) is 11.3 Å². The van der Waals surface area contributed by atoms with Crippen molar-refractivity contribution in [2.45, 2.75) is 33.2 Å². The molecule has 1 fully saturated rings. The van der Waals surface area contributed by atoms with Crippen LogP contribution < -0.4 is 19.1 Å². The number of hydrogen-bond donors (Lipinski definition) is 1. The molecular weight excluding hydrogens is 528 g/mol. The number of Topliss-reactive ketones (excluding diaryl/α,β-unsaturated/α-hetero) is 1. The second-order valence-electron chi connectivity index (χ2n) is 9.87. The fourth-order valence-electron chi connectivity index (χ4n) is 5.15. The first-order valence-corrected chi connectivity index (χ1v) is 14.0. The van der Waals surface area contributed by atoms with Gasteiger partial charge in [0, 0.05) is 5.56 Å². The zero-order valence-corrected chi connectivity index (χ0v) is 23.2. The Kier molecular flexibility index (Phi) is 6.67. The third kappa shape index (κ3) is 4.46. The highest BCUT2D eigenvalue weighted by Crippen LogP contribution is 2.46. The molecule has 204 valence electrons. The van der Waals surface area contributed by atoms with E-state index >= 15 is 0 Å². The highest BCUT2D eigenvalue weighted by atomic mass is 32.1. The number of ether oxygens (including phenoxy) is 3. The van der Waals surface area contributed by atoms with Crippen LogP contribution in [0.1, 0.15) is 41.6 Å². The summed E-state index contributed by atoms with van der Waals surface area (Å²) >= 11 is 1.34. The van der Waals surface area contributed by atoms with Gasteiger partial charge in [-0.1, -0.05) is 36.5 Å². The number of amides is 1. The third-order valence-electron chi connectivity index (χ3n) is 6.93. The molecule has 4 aromatic rings. The van der Waals surface area contributed by atoms with E-state index in [1.54, 1.807) is 24.3 Å². The highest BCUT2D eigenvalue weighted by molar-refractivity contribution is 7.22. The molecule has 0 unspecified atom stereocenters. The minimum atomic E-state index is -0.916. The van der Waals surface area contributed by atoms with E-state index in [4.69, 9.17) is 19.2 Å². The summed E-state index contributed by atoms with van der Waals surface area (Å²) in [5.41, 5.74) is 3.79. The largest absolute Gasteiger partial charge is 0.507 e. The smallest absolute Gasteiger partial charge is 0.301 e. The Hall–Kier alpha value is -4.37. The number of benzene rings is 3. The zero-order valence-electron chi connectivity index (χ0n) is 22.4. The van der Waals surface area contributed by atoms with Crippen LogP contribution in [0.5, 0.6) is 17.2 Å². The molecule has 3 heterocycles. The fourth-order valence-corrected chi connectivity index (χ4v) is 6.32. The molecular formula is C31H28N2O6S. The second-order valence-corrected chi connectivity index (χ2v) is 10.9. The van der Waals surface area contributed by atoms with Crippen LogP contribution >= 0.6 is 11.3 Å². The van der Waals surface area contributed by atoms with E-state index in [0.29, 0.717) is 53.3 Å². The van der Waals surface area contributed by atoms with Crippen molar-refractivity contribution in [3.05, 3.63) is 82.4 Å². The number of aliphatic hydroxyl groups is 1. The third-order valence-corrected chi connectivity index (χ3v) is 7.93. The minimum Gasteiger partial charge on any atom is -0.507 e. The van der Waals surface area contributed by atoms with Crippen LogP contribution in [0.4, 0.5) is 5.13 Å². The van der Waals surface area contributed by atoms with Crippen LogP contribution in [0.3, 0.4) is 0 Å². The van der Waals surface area contributed by atoms with Crippen molar-refractivity contribution in [1.82, 2.24) is 4.98 Å². The second kappa shape index (κ2) is 10.3. The zero-order chi connectivity index (χ0) is 28.0. The summed E-state index contributed by atoms with van der Waals surface area (Å²) < 4.78 is 18.1. The maximum atomic E-state index is 13.7. The van der Waals surface area contributed by atoms with Crippen LogP contribution in [0.2, 0.25) is 0 Å². The summed E-state index contributed by atoms with van der Waals surface area (Å²) in [5.74, 6) is -0.202. The molecule has 9 heteroatoms. The number of thiazole rings is 1. The van der Waals surface area contributed by atoms with Crippen LogP contribution in [0.15, 0.2) is 60.2 Å². The lowest BCUT2D eigenvalue weighted by Gasteiger charge is -2.23. The number of ketones is 1. The van der Waals surface area contributed by atoms with Gasteiger partial charge in [0.1, 0.15) is 24.7 Å². The van der Waals surface area contributed by atoms with Gasteiger partial charge in [0.25, 0.3) is 5.78 Å². The number of anilines is 1. The van der Waals surface area contributed by atoms with Gasteiger partial charge in [-0.15, -0.1) is 0 Å². The molecule has 0 saturated carbocycles. The van der Waals surface area contributed by atoms with Crippen LogP contribution in [-0.2, 0) is 9.59 Å². The number of rotatable bonds is 6. The Labute approximate surface area is 235 Å². The van der Waals surface area contributed by atoms with Crippen LogP contribution in [0, 0.1) is 13.8 Å². The number of aromatic nitrogens is 1. The molecule has 2 aliphatic heterocycles. The van der Waals surface area contributed by atoms with Crippen molar-refractivity contribution in [1.29, 1.82) is 0 Å². The molecule has 0 radical (unpaired) electrons. The number of carbonyl (C=O) groups is 2. The van der Waals surface area contributed by atoms with E-state index < -0.39 is 17.7 Å². The maximum absolute atomic E-state index is 13.7. The van der Waals surface area contributed by atoms with Crippen molar-refractivity contribution in [3.63, 3.8) is 0 Å². The minimum absolute atomic E-state index is 0.0264. The Balaban J connectivity index is 1.53. The molecule has 6 rings (SSSR count). The standard InChI is InChI=1S/C31H28N2O6S/c1-4-10-37-21-7-5-6-19(15-21)27-25(28(34)20-8-9-22-23(16-20)39-12-11-38-22)29(35)30(36)33(27)31-32-26-18(3)13-17(2)14-24(26)40-31/h5-9,13-16,27,34H,4,10-12H2,1-3H3/t27-/m1/s1. The van der Waals surface area contributed by atoms with E-state index in [1.165, 1.54) is 16.2 Å². The average molecular weight is 557 g/mol. The molecule has 2 aliphatic rings. The Morgan fingerprint density at radius 1 is 1.07 bits per heavy atom. The van der Waals surface area contributed by atoms with Gasteiger partial charge >= 0.3 is 5.91 Å². The summed E-state index contributed by atoms with van der Waals surface area (Å²) in [4.78, 5) is 33.5. The van der Waals surface area contributed by atoms with Crippen LogP contribution in [-0.4, -0.2) is 41.6 Å². The number of carbonyl (C=O) groups excluding carboxylic acids is 2. The van der Waals surface area contributed by atoms with Gasteiger partial charge in [0.05, 0.1) is 28.4 Å². The first-order chi connectivity index (χ1) is 19.4. The van der Waals surface area contributed by atoms with Crippen molar-refractivity contribution >= 4 is 44.1 Å². The van der Waals surface area contributed by atoms with Gasteiger partial charge in [0.15, 0.2) is 16.6 Å². The fraction of sp³-hybridized carbons (Fsp3) is 0.258. The molecule has 0 bridgehead atoms. The molecule has 0 aliphatic carbocycles. The predicted octanol–water partition coefficient (Wildman–Crippen LogP) is 6.10. The maximum Gasteiger partial charge on any atom is 0.301 e. The molecule has 3 aromatic carbocycles. The molecule has 1 atom stereocenters. The quantitative estimate of drug-likeness (QED) is 0.174. The first kappa shape index (κ1) is 25.9. The Morgan fingerprint density at radius 2 is 1.88 bits per heavy atom. The van der Waals surface area contributed by atoms with E-state index in [1.807, 2.05) is 51.1 Å². The molecule has 1 N–H and O–H groups in total. The van der Waals surface area contributed by atoms with Crippen LogP contribution in [0.25, 0.3) is 16.0 Å². The number of aryl methyl sites for hydroxylation is 2. The summed E-state index contributed by atoms with van der Waals surface area (Å²) in [7, 11) is 0. The summed E-state index contributed by atoms with van der Waals surface area (Å²) in [5, 5.41) is 12.0. The number of aliphatic hydroxyl groups excluding tert-OH is 1. The summed E-state index contributed by atoms with van der Waals surface area (Å²) in [6, 6.07) is 15.4. The predicted molar refractivity (Wildman–Crippen MR) is 154 cm³/mol. The van der Waals surface area contributed by atoms with Gasteiger partial charge in [0.2, 0.25) is 0 Å². The molecule has 8 nitrogen and oxygen atoms in total. The molecule has 1 amide bonds. The molecule has 1 saturated heterocycles. The van der Waals surface area contributed by atoms with Crippen molar-refractivity contribution in [2.75, 3.05) is 24.7 Å². The number of hydrogen-bond acceptors (Lipinski definition) is 8. The summed E-state index contributed by atoms with van der Waals surface area (Å²) in [6.07, 6.45) is 0.831. The van der Waals surface area contributed by atoms with E-state index in [9.17, 15) is 14.7 Å². The van der Waals surface area contributed by atoms with Gasteiger partial charge in [-0.05, 0) is 73.4 Å². The topological polar surface area (TPSA) is 98.2 Å². The molecule has 1 aromatic heterocycles. The van der Waals surface area contributed by atoms with Gasteiger partial charge in [-0.2, -0.15) is 0 Å². The lowest BCUT2D eigenvalue weighted by molar-refractivity contribution is -0.132. The highest BCUT2D eigenvalue weighted by Gasteiger charge is 2.48. The van der Waals surface area contributed by atoms with E-state index in [0.717, 1.165) is 27.8 Å². The average Bonchev–Trinajstić information content (AvgIpc) is 3.49. The lowest BCUT2D eigenvalue weighted by Crippen LogP contribution is -2.29. The lowest BCUT2D eigenvalue weighted by atomic mass is 9.95.